The normalized spacial score (nSPS) is 19.8. The van der Waals surface area contributed by atoms with Gasteiger partial charge in [0.05, 0.1) is 12.8 Å². The van der Waals surface area contributed by atoms with Crippen LogP contribution < -0.4 is 15.0 Å². The van der Waals surface area contributed by atoms with Crippen LogP contribution in [0.4, 0.5) is 5.69 Å². The van der Waals surface area contributed by atoms with Gasteiger partial charge in [0.2, 0.25) is 0 Å². The molecule has 2 rings (SSSR count). The first-order valence-corrected chi connectivity index (χ1v) is 6.25. The van der Waals surface area contributed by atoms with Gasteiger partial charge >= 0.3 is 0 Å². The fourth-order valence-corrected chi connectivity index (χ4v) is 2.28. The zero-order valence-corrected chi connectivity index (χ0v) is 11.0. The Bertz CT molecular complexity index is 376. The van der Waals surface area contributed by atoms with Crippen molar-refractivity contribution >= 4 is 5.69 Å². The van der Waals surface area contributed by atoms with Crippen molar-refractivity contribution < 1.29 is 4.74 Å². The number of hydrogen-bond acceptors (Lipinski definition) is 3. The fraction of sp³-hybridized carbons (Fsp3) is 0.571. The number of hydrogen-bond donors (Lipinski definition) is 1. The highest BCUT2D eigenvalue weighted by Gasteiger charge is 2.23. The van der Waals surface area contributed by atoms with Gasteiger partial charge in [-0.25, -0.2) is 0 Å². The van der Waals surface area contributed by atoms with Gasteiger partial charge in [-0.15, -0.1) is 0 Å². The minimum atomic E-state index is 0.233. The Balaban J connectivity index is 2.17. The lowest BCUT2D eigenvalue weighted by molar-refractivity contribution is 0.394. The van der Waals surface area contributed by atoms with Crippen LogP contribution in [0, 0.1) is 0 Å². The molecule has 0 unspecified atom stereocenters. The number of methoxy groups -OCH3 is 1. The van der Waals surface area contributed by atoms with Crippen molar-refractivity contribution in [3.63, 3.8) is 0 Å². The molecule has 94 valence electrons. The first-order chi connectivity index (χ1) is 8.12. The second-order valence-electron chi connectivity index (χ2n) is 5.22. The fourth-order valence-electron chi connectivity index (χ4n) is 2.28. The van der Waals surface area contributed by atoms with Gasteiger partial charge in [-0.1, -0.05) is 12.1 Å². The van der Waals surface area contributed by atoms with Crippen molar-refractivity contribution in [3.05, 3.63) is 24.3 Å². The van der Waals surface area contributed by atoms with Gasteiger partial charge in [0, 0.05) is 25.2 Å². The van der Waals surface area contributed by atoms with Crippen LogP contribution >= 0.6 is 0 Å². The molecule has 1 fully saturated rings. The van der Waals surface area contributed by atoms with E-state index in [2.05, 4.69) is 36.2 Å². The number of para-hydroxylation sites is 2. The molecule has 1 aliphatic rings. The summed E-state index contributed by atoms with van der Waals surface area (Å²) in [6, 6.07) is 8.25. The zero-order chi connectivity index (χ0) is 12.3. The van der Waals surface area contributed by atoms with Gasteiger partial charge in [0.15, 0.2) is 0 Å². The molecule has 0 spiro atoms. The molecule has 1 heterocycles. The summed E-state index contributed by atoms with van der Waals surface area (Å²) in [6.45, 7) is 7.65. The van der Waals surface area contributed by atoms with E-state index in [0.717, 1.165) is 31.8 Å². The monoisotopic (exact) mass is 234 g/mol. The van der Waals surface area contributed by atoms with Crippen LogP contribution in [-0.4, -0.2) is 32.3 Å². The highest BCUT2D eigenvalue weighted by molar-refractivity contribution is 5.58. The number of nitrogens with zero attached hydrogens (tertiary/aromatic N) is 1. The average molecular weight is 234 g/mol. The molecular formula is C14H22N2O. The number of rotatable bonds is 2. The largest absolute Gasteiger partial charge is 0.495 e. The van der Waals surface area contributed by atoms with Gasteiger partial charge < -0.3 is 15.0 Å². The summed E-state index contributed by atoms with van der Waals surface area (Å²) in [4.78, 5) is 2.40. The number of benzene rings is 1. The van der Waals surface area contributed by atoms with E-state index in [1.165, 1.54) is 5.69 Å². The van der Waals surface area contributed by atoms with Crippen LogP contribution in [0.5, 0.6) is 5.75 Å². The molecule has 1 aliphatic heterocycles. The second-order valence-corrected chi connectivity index (χ2v) is 5.22. The van der Waals surface area contributed by atoms with Crippen molar-refractivity contribution in [3.8, 4) is 5.75 Å². The van der Waals surface area contributed by atoms with Gasteiger partial charge in [-0.05, 0) is 32.4 Å². The molecule has 0 radical (unpaired) electrons. The van der Waals surface area contributed by atoms with Crippen LogP contribution in [-0.2, 0) is 0 Å². The van der Waals surface area contributed by atoms with Crippen molar-refractivity contribution in [2.75, 3.05) is 31.6 Å². The Morgan fingerprint density at radius 2 is 2.00 bits per heavy atom. The van der Waals surface area contributed by atoms with E-state index >= 15 is 0 Å². The van der Waals surface area contributed by atoms with Gasteiger partial charge in [-0.3, -0.25) is 0 Å². The summed E-state index contributed by atoms with van der Waals surface area (Å²) in [5.74, 6) is 0.965. The standard InChI is InChI=1S/C14H22N2O/c1-14(2)8-10-16(11-9-15-14)12-6-4-5-7-13(12)17-3/h4-7,15H,8-11H2,1-3H3. The molecule has 1 aromatic carbocycles. The van der Waals surface area contributed by atoms with E-state index in [1.807, 2.05) is 12.1 Å². The quantitative estimate of drug-likeness (QED) is 0.849. The summed E-state index contributed by atoms with van der Waals surface area (Å²) >= 11 is 0. The van der Waals surface area contributed by atoms with E-state index in [0.29, 0.717) is 0 Å². The molecule has 17 heavy (non-hydrogen) atoms. The predicted octanol–water partition coefficient (Wildman–Crippen LogP) is 2.27. The van der Waals surface area contributed by atoms with Gasteiger partial charge in [0.25, 0.3) is 0 Å². The van der Waals surface area contributed by atoms with Crippen LogP contribution in [0.2, 0.25) is 0 Å². The third-order valence-electron chi connectivity index (χ3n) is 3.42. The minimum absolute atomic E-state index is 0.233. The Morgan fingerprint density at radius 1 is 1.24 bits per heavy atom. The molecule has 1 saturated heterocycles. The molecule has 0 amide bonds. The summed E-state index contributed by atoms with van der Waals surface area (Å²) in [5, 5.41) is 3.58. The van der Waals surface area contributed by atoms with Crippen LogP contribution in [0.1, 0.15) is 20.3 Å². The molecule has 1 aromatic rings. The highest BCUT2D eigenvalue weighted by Crippen LogP contribution is 2.29. The lowest BCUT2D eigenvalue weighted by Crippen LogP contribution is -2.39. The third kappa shape index (κ3) is 2.91. The van der Waals surface area contributed by atoms with E-state index in [9.17, 15) is 0 Å². The molecule has 0 aromatic heterocycles. The molecule has 0 aliphatic carbocycles. The molecule has 3 nitrogen and oxygen atoms in total. The van der Waals surface area contributed by atoms with Crippen molar-refractivity contribution in [2.24, 2.45) is 0 Å². The molecule has 0 saturated carbocycles. The minimum Gasteiger partial charge on any atom is -0.495 e. The number of nitrogens with one attached hydrogen (secondary N) is 1. The molecule has 3 heteroatoms. The highest BCUT2D eigenvalue weighted by atomic mass is 16.5. The lowest BCUT2D eigenvalue weighted by atomic mass is 10.0. The second kappa shape index (κ2) is 4.96. The predicted molar refractivity (Wildman–Crippen MR) is 71.9 cm³/mol. The SMILES string of the molecule is COc1ccccc1N1CCNC(C)(C)CC1. The Hall–Kier alpha value is -1.22. The Labute approximate surface area is 104 Å². The third-order valence-corrected chi connectivity index (χ3v) is 3.42. The van der Waals surface area contributed by atoms with E-state index in [1.54, 1.807) is 7.11 Å². The maximum Gasteiger partial charge on any atom is 0.142 e. The average Bonchev–Trinajstić information content (AvgIpc) is 2.50. The maximum absolute atomic E-state index is 5.43. The summed E-state index contributed by atoms with van der Waals surface area (Å²) in [7, 11) is 1.73. The summed E-state index contributed by atoms with van der Waals surface area (Å²) in [6.07, 6.45) is 1.14. The van der Waals surface area contributed by atoms with Gasteiger partial charge in [0.1, 0.15) is 5.75 Å². The zero-order valence-electron chi connectivity index (χ0n) is 11.0. The first-order valence-electron chi connectivity index (χ1n) is 6.25. The Kier molecular flexibility index (Phi) is 3.57. The topological polar surface area (TPSA) is 24.5 Å². The number of anilines is 1. The maximum atomic E-state index is 5.43. The Morgan fingerprint density at radius 3 is 2.76 bits per heavy atom. The smallest absolute Gasteiger partial charge is 0.142 e. The van der Waals surface area contributed by atoms with E-state index in [4.69, 9.17) is 4.74 Å². The van der Waals surface area contributed by atoms with Crippen molar-refractivity contribution in [1.82, 2.24) is 5.32 Å². The van der Waals surface area contributed by atoms with Crippen molar-refractivity contribution in [2.45, 2.75) is 25.8 Å². The van der Waals surface area contributed by atoms with Crippen LogP contribution in [0.15, 0.2) is 24.3 Å². The van der Waals surface area contributed by atoms with Gasteiger partial charge in [-0.2, -0.15) is 0 Å². The lowest BCUT2D eigenvalue weighted by Gasteiger charge is -2.25. The molecule has 0 bridgehead atoms. The summed E-state index contributed by atoms with van der Waals surface area (Å²) in [5.41, 5.74) is 1.44. The van der Waals surface area contributed by atoms with E-state index in [-0.39, 0.29) is 5.54 Å². The first kappa shape index (κ1) is 12.2. The molecular weight excluding hydrogens is 212 g/mol. The van der Waals surface area contributed by atoms with Crippen molar-refractivity contribution in [1.29, 1.82) is 0 Å². The summed E-state index contributed by atoms with van der Waals surface area (Å²) < 4.78 is 5.43. The van der Waals surface area contributed by atoms with Crippen LogP contribution in [0.25, 0.3) is 0 Å². The molecule has 0 atom stereocenters. The van der Waals surface area contributed by atoms with Crippen LogP contribution in [0.3, 0.4) is 0 Å². The number of ether oxygens (including phenoxy) is 1. The van der Waals surface area contributed by atoms with E-state index < -0.39 is 0 Å². The molecule has 1 N–H and O–H groups in total.